The minimum atomic E-state index is -0.363. The summed E-state index contributed by atoms with van der Waals surface area (Å²) in [6, 6.07) is 6.10. The predicted molar refractivity (Wildman–Crippen MR) is 94.7 cm³/mol. The summed E-state index contributed by atoms with van der Waals surface area (Å²) in [5.41, 5.74) is 3.26. The molecular formula is C20H29NO3. The average Bonchev–Trinajstić information content (AvgIpc) is 2.53. The van der Waals surface area contributed by atoms with Crippen molar-refractivity contribution in [3.8, 4) is 0 Å². The zero-order valence-electron chi connectivity index (χ0n) is 15.2. The van der Waals surface area contributed by atoms with E-state index in [0.29, 0.717) is 11.8 Å². The van der Waals surface area contributed by atoms with Crippen molar-refractivity contribution in [3.63, 3.8) is 0 Å². The van der Waals surface area contributed by atoms with Crippen molar-refractivity contribution in [1.82, 2.24) is 5.32 Å². The van der Waals surface area contributed by atoms with Gasteiger partial charge in [-0.25, -0.2) is 0 Å². The maximum atomic E-state index is 12.0. The minimum absolute atomic E-state index is 0.193. The van der Waals surface area contributed by atoms with Gasteiger partial charge in [-0.1, -0.05) is 44.9 Å². The van der Waals surface area contributed by atoms with Crippen LogP contribution in [0.25, 0.3) is 0 Å². The molecule has 24 heavy (non-hydrogen) atoms. The number of nitrogens with one attached hydrogen (secondary N) is 1. The van der Waals surface area contributed by atoms with E-state index in [9.17, 15) is 9.59 Å². The second kappa shape index (κ2) is 8.32. The molecule has 1 aromatic rings. The average molecular weight is 331 g/mol. The molecule has 0 unspecified atom stereocenters. The van der Waals surface area contributed by atoms with Crippen LogP contribution in [0.5, 0.6) is 0 Å². The number of ether oxygens (including phenoxy) is 1. The fourth-order valence-electron chi connectivity index (χ4n) is 3.31. The number of hydrogen-bond acceptors (Lipinski definition) is 3. The van der Waals surface area contributed by atoms with Crippen molar-refractivity contribution in [2.75, 3.05) is 6.61 Å². The fourth-order valence-corrected chi connectivity index (χ4v) is 3.31. The van der Waals surface area contributed by atoms with Gasteiger partial charge < -0.3 is 10.1 Å². The number of hydrogen-bond donors (Lipinski definition) is 1. The molecule has 4 nitrogen and oxygen atoms in total. The molecule has 1 aromatic carbocycles. The second-order valence-corrected chi connectivity index (χ2v) is 7.20. The van der Waals surface area contributed by atoms with Gasteiger partial charge in [-0.2, -0.15) is 0 Å². The standard InChI is InChI=1S/C20H29NO3/c1-13-8-9-17(10-15(13)3)11-20(23)24-12-19(22)21-18-7-5-6-14(2)16(18)4/h8-10,14,16,18H,5-7,11-12H2,1-4H3,(H,21,22)/t14-,16-,18-/m1/s1. The first-order valence-corrected chi connectivity index (χ1v) is 8.88. The zero-order chi connectivity index (χ0) is 17.7. The van der Waals surface area contributed by atoms with E-state index in [1.807, 2.05) is 32.0 Å². The van der Waals surface area contributed by atoms with Crippen molar-refractivity contribution in [2.45, 2.75) is 59.4 Å². The van der Waals surface area contributed by atoms with Crippen LogP contribution >= 0.6 is 0 Å². The van der Waals surface area contributed by atoms with E-state index in [0.717, 1.165) is 24.0 Å². The molecule has 0 heterocycles. The summed E-state index contributed by atoms with van der Waals surface area (Å²) >= 11 is 0. The fraction of sp³-hybridized carbons (Fsp3) is 0.600. The molecule has 1 fully saturated rings. The molecule has 0 spiro atoms. The SMILES string of the molecule is Cc1ccc(CC(=O)OCC(=O)N[C@@H]2CCC[C@@H](C)[C@H]2C)cc1C. The van der Waals surface area contributed by atoms with Gasteiger partial charge in [0.15, 0.2) is 6.61 Å². The van der Waals surface area contributed by atoms with Gasteiger partial charge in [0, 0.05) is 6.04 Å². The lowest BCUT2D eigenvalue weighted by molar-refractivity contribution is -0.148. The van der Waals surface area contributed by atoms with Crippen molar-refractivity contribution in [1.29, 1.82) is 0 Å². The first-order valence-electron chi connectivity index (χ1n) is 8.88. The van der Waals surface area contributed by atoms with Gasteiger partial charge in [0.2, 0.25) is 0 Å². The first-order chi connectivity index (χ1) is 11.4. The number of carbonyl (C=O) groups excluding carboxylic acids is 2. The molecule has 4 heteroatoms. The molecule has 1 N–H and O–H groups in total. The van der Waals surface area contributed by atoms with E-state index in [1.54, 1.807) is 0 Å². The Morgan fingerprint density at radius 1 is 1.17 bits per heavy atom. The number of aryl methyl sites for hydroxylation is 2. The highest BCUT2D eigenvalue weighted by atomic mass is 16.5. The lowest BCUT2D eigenvalue weighted by atomic mass is 9.78. The van der Waals surface area contributed by atoms with E-state index < -0.39 is 0 Å². The van der Waals surface area contributed by atoms with Crippen molar-refractivity contribution >= 4 is 11.9 Å². The van der Waals surface area contributed by atoms with E-state index in [2.05, 4.69) is 19.2 Å². The molecule has 1 aliphatic carbocycles. The molecule has 3 atom stereocenters. The summed E-state index contributed by atoms with van der Waals surface area (Å²) in [7, 11) is 0. The third kappa shape index (κ3) is 5.08. The molecule has 1 amide bonds. The van der Waals surface area contributed by atoms with Crippen LogP contribution in [-0.4, -0.2) is 24.5 Å². The molecule has 0 aliphatic heterocycles. The normalized spacial score (nSPS) is 23.6. The second-order valence-electron chi connectivity index (χ2n) is 7.20. The Labute approximate surface area is 145 Å². The van der Waals surface area contributed by atoms with Crippen LogP contribution in [0.4, 0.5) is 0 Å². The topological polar surface area (TPSA) is 55.4 Å². The van der Waals surface area contributed by atoms with Gasteiger partial charge in [-0.15, -0.1) is 0 Å². The van der Waals surface area contributed by atoms with Gasteiger partial charge in [0.05, 0.1) is 6.42 Å². The summed E-state index contributed by atoms with van der Waals surface area (Å²) in [4.78, 5) is 24.0. The largest absolute Gasteiger partial charge is 0.455 e. The lowest BCUT2D eigenvalue weighted by Gasteiger charge is -2.34. The van der Waals surface area contributed by atoms with Crippen LogP contribution in [0.2, 0.25) is 0 Å². The highest BCUT2D eigenvalue weighted by molar-refractivity contribution is 5.81. The third-order valence-electron chi connectivity index (χ3n) is 5.34. The molecule has 132 valence electrons. The molecule has 1 aliphatic rings. The highest BCUT2D eigenvalue weighted by Gasteiger charge is 2.28. The quantitative estimate of drug-likeness (QED) is 0.842. The van der Waals surface area contributed by atoms with Crippen molar-refractivity contribution in [3.05, 3.63) is 34.9 Å². The Balaban J connectivity index is 1.76. The first kappa shape index (κ1) is 18.5. The van der Waals surface area contributed by atoms with Crippen LogP contribution in [0.15, 0.2) is 18.2 Å². The molecule has 2 rings (SSSR count). The Morgan fingerprint density at radius 3 is 2.62 bits per heavy atom. The van der Waals surface area contributed by atoms with Crippen LogP contribution < -0.4 is 5.32 Å². The Bertz CT molecular complexity index is 597. The van der Waals surface area contributed by atoms with Crippen molar-refractivity contribution < 1.29 is 14.3 Å². The summed E-state index contributed by atoms with van der Waals surface area (Å²) in [5.74, 6) is 0.526. The molecular weight excluding hydrogens is 302 g/mol. The molecule has 0 bridgehead atoms. The molecule has 0 aromatic heterocycles. The maximum Gasteiger partial charge on any atom is 0.310 e. The Kier molecular flexibility index (Phi) is 6.41. The summed E-state index contributed by atoms with van der Waals surface area (Å²) in [6.45, 7) is 8.27. The lowest BCUT2D eigenvalue weighted by Crippen LogP contribution is -2.45. The monoisotopic (exact) mass is 331 g/mol. The van der Waals surface area contributed by atoms with E-state index in [1.165, 1.54) is 12.0 Å². The van der Waals surface area contributed by atoms with E-state index >= 15 is 0 Å². The summed E-state index contributed by atoms with van der Waals surface area (Å²) in [6.07, 6.45) is 3.57. The van der Waals surface area contributed by atoms with Gasteiger partial charge in [-0.3, -0.25) is 9.59 Å². The van der Waals surface area contributed by atoms with Crippen LogP contribution in [-0.2, 0) is 20.7 Å². The van der Waals surface area contributed by atoms with Crippen molar-refractivity contribution in [2.24, 2.45) is 11.8 Å². The minimum Gasteiger partial charge on any atom is -0.455 e. The molecule has 0 saturated heterocycles. The van der Waals surface area contributed by atoms with Gasteiger partial charge >= 0.3 is 5.97 Å². The number of benzene rings is 1. The van der Waals surface area contributed by atoms with E-state index in [-0.39, 0.29) is 30.9 Å². The smallest absolute Gasteiger partial charge is 0.310 e. The molecule has 1 saturated carbocycles. The summed E-state index contributed by atoms with van der Waals surface area (Å²) < 4.78 is 5.13. The number of esters is 1. The Morgan fingerprint density at radius 2 is 1.92 bits per heavy atom. The highest BCUT2D eigenvalue weighted by Crippen LogP contribution is 2.29. The zero-order valence-corrected chi connectivity index (χ0v) is 15.2. The van der Waals surface area contributed by atoms with Gasteiger partial charge in [-0.05, 0) is 48.8 Å². The summed E-state index contributed by atoms with van der Waals surface area (Å²) in [5, 5.41) is 3.02. The van der Waals surface area contributed by atoms with Gasteiger partial charge in [0.25, 0.3) is 5.91 Å². The van der Waals surface area contributed by atoms with Crippen LogP contribution in [0.1, 0.15) is 49.8 Å². The van der Waals surface area contributed by atoms with Crippen LogP contribution in [0, 0.1) is 25.7 Å². The Hall–Kier alpha value is -1.84. The number of carbonyl (C=O) groups is 2. The van der Waals surface area contributed by atoms with Crippen LogP contribution in [0.3, 0.4) is 0 Å². The van der Waals surface area contributed by atoms with E-state index in [4.69, 9.17) is 4.74 Å². The maximum absolute atomic E-state index is 12.0. The number of amides is 1. The molecule has 0 radical (unpaired) electrons. The van der Waals surface area contributed by atoms with Gasteiger partial charge in [0.1, 0.15) is 0 Å². The third-order valence-corrected chi connectivity index (χ3v) is 5.34. The number of rotatable bonds is 5. The predicted octanol–water partition coefficient (Wildman–Crippen LogP) is 3.33.